The first-order valence-electron chi connectivity index (χ1n) is 4.91. The molecule has 2 atom stereocenters. The third-order valence-electron chi connectivity index (χ3n) is 2.24. The van der Waals surface area contributed by atoms with Crippen LogP contribution < -0.4 is 5.32 Å². The van der Waals surface area contributed by atoms with Gasteiger partial charge in [0.15, 0.2) is 0 Å². The number of hydrogen-bond donors (Lipinski definition) is 1. The molecular weight excluding hydrogens is 212 g/mol. The Morgan fingerprint density at radius 3 is 2.93 bits per heavy atom. The number of thiazole rings is 1. The second-order valence-electron chi connectivity index (χ2n) is 3.36. The molecule has 0 aliphatic carbocycles. The minimum absolute atomic E-state index is 0.373. The van der Waals surface area contributed by atoms with Gasteiger partial charge >= 0.3 is 0 Å². The highest BCUT2D eigenvalue weighted by atomic mass is 32.2. The Labute approximate surface area is 94.5 Å². The third-order valence-corrected chi connectivity index (χ3v) is 3.58. The van der Waals surface area contributed by atoms with E-state index in [9.17, 15) is 0 Å². The zero-order valence-corrected chi connectivity index (χ0v) is 10.6. The molecule has 0 aromatic carbocycles. The van der Waals surface area contributed by atoms with E-state index >= 15 is 0 Å². The minimum atomic E-state index is 0.373. The Hall–Kier alpha value is -0.0600. The smallest absolute Gasteiger partial charge is 0.0795 e. The molecule has 0 radical (unpaired) electrons. The number of aromatic nitrogens is 1. The van der Waals surface area contributed by atoms with Gasteiger partial charge in [-0.2, -0.15) is 11.8 Å². The summed E-state index contributed by atoms with van der Waals surface area (Å²) >= 11 is 3.55. The van der Waals surface area contributed by atoms with Gasteiger partial charge < -0.3 is 5.32 Å². The molecule has 1 rings (SSSR count). The molecule has 1 aromatic heterocycles. The highest BCUT2D eigenvalue weighted by molar-refractivity contribution is 7.98. The maximum absolute atomic E-state index is 4.31. The molecule has 2 unspecified atom stereocenters. The zero-order chi connectivity index (χ0) is 10.4. The predicted octanol–water partition coefficient (Wildman–Crippen LogP) is 2.94. The molecule has 1 heterocycles. The molecule has 1 N–H and O–H groups in total. The molecule has 4 heteroatoms. The van der Waals surface area contributed by atoms with E-state index in [4.69, 9.17) is 0 Å². The summed E-state index contributed by atoms with van der Waals surface area (Å²) in [5.74, 6) is 1.17. The van der Waals surface area contributed by atoms with E-state index < -0.39 is 0 Å². The highest BCUT2D eigenvalue weighted by Crippen LogP contribution is 2.14. The second kappa shape index (κ2) is 6.43. The van der Waals surface area contributed by atoms with Crippen LogP contribution in [0.4, 0.5) is 0 Å². The van der Waals surface area contributed by atoms with Crippen LogP contribution in [0.15, 0.2) is 10.9 Å². The lowest BCUT2D eigenvalue weighted by atomic mass is 10.2. The van der Waals surface area contributed by atoms with Gasteiger partial charge in [-0.05, 0) is 19.6 Å². The van der Waals surface area contributed by atoms with Gasteiger partial charge in [-0.15, -0.1) is 11.3 Å². The largest absolute Gasteiger partial charge is 0.305 e. The first-order valence-corrected chi connectivity index (χ1v) is 7.24. The standard InChI is InChI=1S/C10H18N2S2/c1-4-9(5-13-3)12-8(2)10-6-14-7-11-10/h6-9,12H,4-5H2,1-3H3. The van der Waals surface area contributed by atoms with Crippen molar-refractivity contribution in [3.63, 3.8) is 0 Å². The monoisotopic (exact) mass is 230 g/mol. The van der Waals surface area contributed by atoms with Crippen molar-refractivity contribution >= 4 is 23.1 Å². The van der Waals surface area contributed by atoms with E-state index in [0.29, 0.717) is 12.1 Å². The average molecular weight is 230 g/mol. The topological polar surface area (TPSA) is 24.9 Å². The normalized spacial score (nSPS) is 15.4. The van der Waals surface area contributed by atoms with Crippen LogP contribution in [0.3, 0.4) is 0 Å². The molecule has 0 fully saturated rings. The van der Waals surface area contributed by atoms with Gasteiger partial charge in [0.1, 0.15) is 0 Å². The summed E-state index contributed by atoms with van der Waals surface area (Å²) in [6.45, 7) is 4.40. The van der Waals surface area contributed by atoms with Gasteiger partial charge in [0.25, 0.3) is 0 Å². The van der Waals surface area contributed by atoms with Gasteiger partial charge in [0.05, 0.1) is 11.2 Å². The van der Waals surface area contributed by atoms with Crippen molar-refractivity contribution in [1.29, 1.82) is 0 Å². The predicted molar refractivity (Wildman–Crippen MR) is 66.1 cm³/mol. The van der Waals surface area contributed by atoms with Crippen LogP contribution in [0.1, 0.15) is 32.0 Å². The van der Waals surface area contributed by atoms with Crippen molar-refractivity contribution in [2.45, 2.75) is 32.4 Å². The third kappa shape index (κ3) is 3.59. The van der Waals surface area contributed by atoms with Crippen molar-refractivity contribution < 1.29 is 0 Å². The van der Waals surface area contributed by atoms with Crippen LogP contribution in [-0.2, 0) is 0 Å². The van der Waals surface area contributed by atoms with E-state index in [1.54, 1.807) is 11.3 Å². The van der Waals surface area contributed by atoms with E-state index in [1.807, 2.05) is 17.3 Å². The summed E-state index contributed by atoms with van der Waals surface area (Å²) in [6.07, 6.45) is 3.33. The number of hydrogen-bond acceptors (Lipinski definition) is 4. The van der Waals surface area contributed by atoms with Crippen molar-refractivity contribution in [2.24, 2.45) is 0 Å². The number of nitrogens with zero attached hydrogens (tertiary/aromatic N) is 1. The molecule has 0 saturated carbocycles. The Morgan fingerprint density at radius 1 is 1.64 bits per heavy atom. The zero-order valence-electron chi connectivity index (χ0n) is 8.99. The van der Waals surface area contributed by atoms with E-state index in [1.165, 1.54) is 12.2 Å². The van der Waals surface area contributed by atoms with Crippen molar-refractivity contribution in [2.75, 3.05) is 12.0 Å². The quantitative estimate of drug-likeness (QED) is 0.813. The van der Waals surface area contributed by atoms with Crippen LogP contribution in [-0.4, -0.2) is 23.0 Å². The summed E-state index contributed by atoms with van der Waals surface area (Å²) in [6, 6.07) is 0.972. The van der Waals surface area contributed by atoms with Gasteiger partial charge in [0, 0.05) is 23.2 Å². The van der Waals surface area contributed by atoms with Crippen molar-refractivity contribution in [3.05, 3.63) is 16.6 Å². The molecule has 0 bridgehead atoms. The van der Waals surface area contributed by atoms with Crippen LogP contribution >= 0.6 is 23.1 Å². The van der Waals surface area contributed by atoms with Crippen LogP contribution in [0.2, 0.25) is 0 Å². The fourth-order valence-corrected chi connectivity index (χ4v) is 2.74. The van der Waals surface area contributed by atoms with E-state index in [0.717, 1.165) is 5.69 Å². The van der Waals surface area contributed by atoms with Gasteiger partial charge in [-0.1, -0.05) is 6.92 Å². The summed E-state index contributed by atoms with van der Waals surface area (Å²) in [5, 5.41) is 5.71. The lowest BCUT2D eigenvalue weighted by Gasteiger charge is -2.20. The van der Waals surface area contributed by atoms with Crippen molar-refractivity contribution in [1.82, 2.24) is 10.3 Å². The minimum Gasteiger partial charge on any atom is -0.305 e. The Bertz CT molecular complexity index is 236. The maximum atomic E-state index is 4.31. The van der Waals surface area contributed by atoms with E-state index in [-0.39, 0.29) is 0 Å². The molecule has 2 nitrogen and oxygen atoms in total. The first-order chi connectivity index (χ1) is 6.77. The average Bonchev–Trinajstić information content (AvgIpc) is 2.69. The van der Waals surface area contributed by atoms with E-state index in [2.05, 4.69) is 35.8 Å². The SMILES string of the molecule is CCC(CSC)NC(C)c1cscn1. The molecule has 0 saturated heterocycles. The Kier molecular flexibility index (Phi) is 5.52. The molecular formula is C10H18N2S2. The molecule has 1 aromatic rings. The highest BCUT2D eigenvalue weighted by Gasteiger charge is 2.12. The lowest BCUT2D eigenvalue weighted by molar-refractivity contribution is 0.469. The lowest BCUT2D eigenvalue weighted by Crippen LogP contribution is -2.33. The van der Waals surface area contributed by atoms with Crippen LogP contribution in [0.5, 0.6) is 0 Å². The van der Waals surface area contributed by atoms with Crippen molar-refractivity contribution in [3.8, 4) is 0 Å². The van der Waals surface area contributed by atoms with Gasteiger partial charge in [0.2, 0.25) is 0 Å². The molecule has 0 amide bonds. The summed E-state index contributed by atoms with van der Waals surface area (Å²) in [7, 11) is 0. The van der Waals surface area contributed by atoms with Gasteiger partial charge in [-0.3, -0.25) is 0 Å². The Balaban J connectivity index is 2.42. The fraction of sp³-hybridized carbons (Fsp3) is 0.700. The van der Waals surface area contributed by atoms with Crippen LogP contribution in [0, 0.1) is 0 Å². The van der Waals surface area contributed by atoms with Crippen LogP contribution in [0.25, 0.3) is 0 Å². The van der Waals surface area contributed by atoms with Gasteiger partial charge in [-0.25, -0.2) is 4.98 Å². The molecule has 14 heavy (non-hydrogen) atoms. The molecule has 0 spiro atoms. The summed E-state index contributed by atoms with van der Waals surface area (Å²) in [4.78, 5) is 4.31. The fourth-order valence-electron chi connectivity index (χ4n) is 1.36. The molecule has 0 aliphatic rings. The summed E-state index contributed by atoms with van der Waals surface area (Å²) < 4.78 is 0. The second-order valence-corrected chi connectivity index (χ2v) is 4.99. The maximum Gasteiger partial charge on any atom is 0.0795 e. The summed E-state index contributed by atoms with van der Waals surface area (Å²) in [5.41, 5.74) is 3.05. The number of rotatable bonds is 6. The molecule has 80 valence electrons. The first kappa shape index (κ1) is 12.0. The number of thioether (sulfide) groups is 1. The molecule has 0 aliphatic heterocycles. The Morgan fingerprint density at radius 2 is 2.43 bits per heavy atom. The number of nitrogens with one attached hydrogen (secondary N) is 1.